The van der Waals surface area contributed by atoms with Gasteiger partial charge in [0.2, 0.25) is 0 Å². The molecule has 1 aromatic rings. The summed E-state index contributed by atoms with van der Waals surface area (Å²) in [5.41, 5.74) is 0. The van der Waals surface area contributed by atoms with Crippen LogP contribution in [0.2, 0.25) is 0 Å². The van der Waals surface area contributed by atoms with E-state index in [2.05, 4.69) is 34.8 Å². The second-order valence-electron chi connectivity index (χ2n) is 5.81. The molecular weight excluding hydrogens is 419 g/mol. The lowest BCUT2D eigenvalue weighted by Gasteiger charge is -2.11. The van der Waals surface area contributed by atoms with E-state index in [9.17, 15) is 4.79 Å². The Labute approximate surface area is 162 Å². The van der Waals surface area contributed by atoms with Crippen LogP contribution in [0.15, 0.2) is 27.8 Å². The number of nitrogens with zero attached hydrogens (tertiary/aromatic N) is 1. The average molecular weight is 450 g/mol. The number of amides is 1. The molecule has 0 atom stereocenters. The van der Waals surface area contributed by atoms with Gasteiger partial charge >= 0.3 is 0 Å². The van der Waals surface area contributed by atoms with Crippen LogP contribution in [0.3, 0.4) is 0 Å². The molecule has 0 radical (unpaired) electrons. The van der Waals surface area contributed by atoms with Crippen molar-refractivity contribution >= 4 is 35.8 Å². The van der Waals surface area contributed by atoms with Gasteiger partial charge in [0.1, 0.15) is 0 Å². The Morgan fingerprint density at radius 3 is 2.58 bits per heavy atom. The molecule has 6 nitrogen and oxygen atoms in total. The largest absolute Gasteiger partial charge is 0.459 e. The van der Waals surface area contributed by atoms with Gasteiger partial charge in [-0.1, -0.05) is 26.7 Å². The number of carbonyl (C=O) groups is 1. The van der Waals surface area contributed by atoms with E-state index in [0.29, 0.717) is 18.8 Å². The molecule has 1 amide bonds. The minimum Gasteiger partial charge on any atom is -0.459 e. The fourth-order valence-corrected chi connectivity index (χ4v) is 2.05. The maximum atomic E-state index is 11.7. The summed E-state index contributed by atoms with van der Waals surface area (Å²) in [7, 11) is 0. The summed E-state index contributed by atoms with van der Waals surface area (Å²) >= 11 is 0. The Balaban J connectivity index is 0.00000529. The van der Waals surface area contributed by atoms with Crippen molar-refractivity contribution in [2.24, 2.45) is 10.9 Å². The molecule has 0 saturated carbocycles. The Bertz CT molecular complexity index is 461. The van der Waals surface area contributed by atoms with Crippen LogP contribution in [-0.4, -0.2) is 38.0 Å². The number of unbranched alkanes of at least 4 members (excludes halogenated alkanes) is 1. The predicted octanol–water partition coefficient (Wildman–Crippen LogP) is 3.01. The third-order valence-corrected chi connectivity index (χ3v) is 3.25. The van der Waals surface area contributed by atoms with Crippen LogP contribution in [0, 0.1) is 5.92 Å². The third kappa shape index (κ3) is 10.5. The molecule has 0 aliphatic rings. The Morgan fingerprint density at radius 1 is 1.21 bits per heavy atom. The van der Waals surface area contributed by atoms with Gasteiger partial charge < -0.3 is 20.4 Å². The van der Waals surface area contributed by atoms with Crippen LogP contribution < -0.4 is 16.0 Å². The van der Waals surface area contributed by atoms with E-state index in [1.165, 1.54) is 19.1 Å². The van der Waals surface area contributed by atoms with E-state index in [4.69, 9.17) is 4.42 Å². The molecule has 0 aliphatic carbocycles. The first kappa shape index (κ1) is 22.8. The molecule has 0 fully saturated rings. The minimum atomic E-state index is -0.201. The monoisotopic (exact) mass is 450 g/mol. The van der Waals surface area contributed by atoms with Crippen molar-refractivity contribution in [1.82, 2.24) is 16.0 Å². The van der Waals surface area contributed by atoms with Gasteiger partial charge in [-0.15, -0.1) is 24.0 Å². The molecule has 0 bridgehead atoms. The highest BCUT2D eigenvalue weighted by Crippen LogP contribution is 2.05. The van der Waals surface area contributed by atoms with E-state index in [1.54, 1.807) is 12.1 Å². The maximum absolute atomic E-state index is 11.7. The van der Waals surface area contributed by atoms with Gasteiger partial charge in [-0.3, -0.25) is 9.79 Å². The smallest absolute Gasteiger partial charge is 0.287 e. The summed E-state index contributed by atoms with van der Waals surface area (Å²) < 4.78 is 5.04. The minimum absolute atomic E-state index is 0. The Hall–Kier alpha value is -1.25. The summed E-state index contributed by atoms with van der Waals surface area (Å²) in [4.78, 5) is 16.2. The summed E-state index contributed by atoms with van der Waals surface area (Å²) in [6, 6.07) is 3.34. The number of halogens is 1. The van der Waals surface area contributed by atoms with Crippen LogP contribution in [0.4, 0.5) is 0 Å². The first-order chi connectivity index (χ1) is 11.1. The van der Waals surface area contributed by atoms with Crippen LogP contribution in [0.5, 0.6) is 0 Å². The zero-order valence-electron chi connectivity index (χ0n) is 14.9. The van der Waals surface area contributed by atoms with E-state index in [1.807, 2.05) is 6.92 Å². The Kier molecular flexibility index (Phi) is 13.4. The first-order valence-electron chi connectivity index (χ1n) is 8.47. The number of furan rings is 1. The van der Waals surface area contributed by atoms with Crippen LogP contribution in [0.1, 0.15) is 50.6 Å². The van der Waals surface area contributed by atoms with Crippen molar-refractivity contribution in [2.75, 3.05) is 26.2 Å². The lowest BCUT2D eigenvalue weighted by molar-refractivity contribution is 0.0926. The molecule has 1 aromatic heterocycles. The van der Waals surface area contributed by atoms with E-state index in [0.717, 1.165) is 31.4 Å². The molecule has 0 aromatic carbocycles. The number of hydrogen-bond acceptors (Lipinski definition) is 3. The fraction of sp³-hybridized carbons (Fsp3) is 0.647. The highest BCUT2D eigenvalue weighted by molar-refractivity contribution is 14.0. The van der Waals surface area contributed by atoms with Crippen LogP contribution in [-0.2, 0) is 0 Å². The van der Waals surface area contributed by atoms with Gasteiger partial charge in [-0.25, -0.2) is 0 Å². The number of carbonyl (C=O) groups excluding carboxylic acids is 1. The zero-order valence-corrected chi connectivity index (χ0v) is 17.3. The topological polar surface area (TPSA) is 78.7 Å². The van der Waals surface area contributed by atoms with Gasteiger partial charge in [-0.2, -0.15) is 0 Å². The summed E-state index contributed by atoms with van der Waals surface area (Å²) in [5.74, 6) is 1.68. The lowest BCUT2D eigenvalue weighted by Crippen LogP contribution is -2.41. The number of aliphatic imine (C=N–C) groups is 1. The predicted molar refractivity (Wildman–Crippen MR) is 109 cm³/mol. The van der Waals surface area contributed by atoms with E-state index >= 15 is 0 Å². The molecular formula is C17H31IN4O2. The van der Waals surface area contributed by atoms with E-state index in [-0.39, 0.29) is 29.9 Å². The van der Waals surface area contributed by atoms with Crippen molar-refractivity contribution in [2.45, 2.75) is 40.0 Å². The SMILES string of the molecule is CCNC(=NCCCCC(C)C)NCCNC(=O)c1ccco1.I. The molecule has 138 valence electrons. The van der Waals surface area contributed by atoms with Crippen molar-refractivity contribution < 1.29 is 9.21 Å². The molecule has 0 aliphatic heterocycles. The first-order valence-corrected chi connectivity index (χ1v) is 8.47. The van der Waals surface area contributed by atoms with Crippen LogP contribution in [0.25, 0.3) is 0 Å². The second kappa shape index (κ2) is 14.1. The number of rotatable bonds is 10. The molecule has 3 N–H and O–H groups in total. The van der Waals surface area contributed by atoms with Gasteiger partial charge in [-0.05, 0) is 31.4 Å². The van der Waals surface area contributed by atoms with Gasteiger partial charge in [0.15, 0.2) is 11.7 Å². The molecule has 0 unspecified atom stereocenters. The average Bonchev–Trinajstić information content (AvgIpc) is 3.05. The van der Waals surface area contributed by atoms with Gasteiger partial charge in [0, 0.05) is 26.2 Å². The number of guanidine groups is 1. The standard InChI is InChI=1S/C17H30N4O2.HI/c1-4-18-17(20-10-6-5-8-14(2)3)21-12-11-19-16(22)15-9-7-13-23-15;/h7,9,13-14H,4-6,8,10-12H2,1-3H3,(H,19,22)(H2,18,20,21);1H. The van der Waals surface area contributed by atoms with Gasteiger partial charge in [0.25, 0.3) is 5.91 Å². The molecule has 0 saturated heterocycles. The number of nitrogens with one attached hydrogen (secondary N) is 3. The molecule has 24 heavy (non-hydrogen) atoms. The molecule has 7 heteroatoms. The number of hydrogen-bond donors (Lipinski definition) is 3. The van der Waals surface area contributed by atoms with Crippen LogP contribution >= 0.6 is 24.0 Å². The zero-order chi connectivity index (χ0) is 16.9. The Morgan fingerprint density at radius 2 is 1.96 bits per heavy atom. The summed E-state index contributed by atoms with van der Waals surface area (Å²) in [5, 5.41) is 9.21. The highest BCUT2D eigenvalue weighted by Gasteiger charge is 2.06. The third-order valence-electron chi connectivity index (χ3n) is 3.25. The molecule has 1 heterocycles. The summed E-state index contributed by atoms with van der Waals surface area (Å²) in [6.07, 6.45) is 5.05. The van der Waals surface area contributed by atoms with Crippen molar-refractivity contribution in [3.8, 4) is 0 Å². The lowest BCUT2D eigenvalue weighted by atomic mass is 10.1. The normalized spacial score (nSPS) is 11.1. The quantitative estimate of drug-likeness (QED) is 0.222. The van der Waals surface area contributed by atoms with E-state index < -0.39 is 0 Å². The summed E-state index contributed by atoms with van der Waals surface area (Å²) in [6.45, 7) is 9.28. The van der Waals surface area contributed by atoms with Crippen molar-refractivity contribution in [1.29, 1.82) is 0 Å². The van der Waals surface area contributed by atoms with Gasteiger partial charge in [0.05, 0.1) is 6.26 Å². The van der Waals surface area contributed by atoms with Crippen molar-refractivity contribution in [3.05, 3.63) is 24.2 Å². The highest BCUT2D eigenvalue weighted by atomic mass is 127. The second-order valence-corrected chi connectivity index (χ2v) is 5.81. The van der Waals surface area contributed by atoms with Crippen molar-refractivity contribution in [3.63, 3.8) is 0 Å². The maximum Gasteiger partial charge on any atom is 0.287 e. The molecule has 0 spiro atoms. The molecule has 1 rings (SSSR count). The fourth-order valence-electron chi connectivity index (χ4n) is 2.05.